The van der Waals surface area contributed by atoms with Gasteiger partial charge in [0, 0.05) is 19.3 Å². The molecule has 1 aliphatic rings. The van der Waals surface area contributed by atoms with Gasteiger partial charge in [-0.3, -0.25) is 0 Å². The first-order valence-electron chi connectivity index (χ1n) is 6.13. The van der Waals surface area contributed by atoms with Crippen molar-refractivity contribution in [1.29, 1.82) is 0 Å². The van der Waals surface area contributed by atoms with E-state index in [-0.39, 0.29) is 0 Å². The molecule has 0 bridgehead atoms. The fourth-order valence-corrected chi connectivity index (χ4v) is 2.06. The van der Waals surface area contributed by atoms with Crippen LogP contribution < -0.4 is 4.90 Å². The van der Waals surface area contributed by atoms with Gasteiger partial charge in [-0.1, -0.05) is 0 Å². The van der Waals surface area contributed by atoms with Crippen molar-refractivity contribution in [3.63, 3.8) is 0 Å². The van der Waals surface area contributed by atoms with E-state index in [2.05, 4.69) is 21.0 Å². The summed E-state index contributed by atoms with van der Waals surface area (Å²) in [4.78, 5) is 6.74. The van der Waals surface area contributed by atoms with Gasteiger partial charge in [0.05, 0.1) is 31.3 Å². The molecule has 0 atom stereocenters. The summed E-state index contributed by atoms with van der Waals surface area (Å²) in [5, 5.41) is 4.25. The SMILES string of the molecule is Cc1cnn(-c2ccc(N3CCOCC3)cn2)c1. The Balaban J connectivity index is 1.80. The highest BCUT2D eigenvalue weighted by Gasteiger charge is 2.11. The molecule has 0 unspecified atom stereocenters. The van der Waals surface area contributed by atoms with Crippen LogP contribution in [0.5, 0.6) is 0 Å². The smallest absolute Gasteiger partial charge is 0.153 e. The molecular weight excluding hydrogens is 228 g/mol. The van der Waals surface area contributed by atoms with Gasteiger partial charge in [-0.2, -0.15) is 5.10 Å². The van der Waals surface area contributed by atoms with Crippen molar-refractivity contribution >= 4 is 5.69 Å². The van der Waals surface area contributed by atoms with Crippen molar-refractivity contribution in [2.24, 2.45) is 0 Å². The van der Waals surface area contributed by atoms with Gasteiger partial charge in [0.1, 0.15) is 0 Å². The van der Waals surface area contributed by atoms with Gasteiger partial charge in [0.25, 0.3) is 0 Å². The van der Waals surface area contributed by atoms with Gasteiger partial charge in [-0.15, -0.1) is 0 Å². The molecule has 18 heavy (non-hydrogen) atoms. The number of nitrogens with zero attached hydrogens (tertiary/aromatic N) is 4. The number of hydrogen-bond acceptors (Lipinski definition) is 4. The molecule has 3 rings (SSSR count). The van der Waals surface area contributed by atoms with Gasteiger partial charge in [0.15, 0.2) is 5.82 Å². The number of ether oxygens (including phenoxy) is 1. The van der Waals surface area contributed by atoms with Crippen LogP contribution in [0.2, 0.25) is 0 Å². The first-order valence-corrected chi connectivity index (χ1v) is 6.13. The maximum absolute atomic E-state index is 5.34. The normalized spacial score (nSPS) is 15.9. The summed E-state index contributed by atoms with van der Waals surface area (Å²) < 4.78 is 7.13. The highest BCUT2D eigenvalue weighted by Crippen LogP contribution is 2.16. The Labute approximate surface area is 106 Å². The minimum atomic E-state index is 0.792. The molecule has 0 amide bonds. The van der Waals surface area contributed by atoms with E-state index in [4.69, 9.17) is 4.74 Å². The second kappa shape index (κ2) is 4.78. The number of aryl methyl sites for hydroxylation is 1. The van der Waals surface area contributed by atoms with E-state index >= 15 is 0 Å². The molecule has 1 saturated heterocycles. The second-order valence-electron chi connectivity index (χ2n) is 4.44. The monoisotopic (exact) mass is 244 g/mol. The van der Waals surface area contributed by atoms with Gasteiger partial charge >= 0.3 is 0 Å². The Kier molecular flexibility index (Phi) is 2.98. The Bertz CT molecular complexity index is 514. The molecule has 0 aliphatic carbocycles. The average Bonchev–Trinajstić information content (AvgIpc) is 2.87. The Morgan fingerprint density at radius 1 is 1.17 bits per heavy atom. The summed E-state index contributed by atoms with van der Waals surface area (Å²) >= 11 is 0. The van der Waals surface area contributed by atoms with E-state index < -0.39 is 0 Å². The highest BCUT2D eigenvalue weighted by molar-refractivity contribution is 5.46. The third kappa shape index (κ3) is 2.22. The fourth-order valence-electron chi connectivity index (χ4n) is 2.06. The molecule has 2 aromatic heterocycles. The van der Waals surface area contributed by atoms with Crippen LogP contribution in [0.25, 0.3) is 5.82 Å². The zero-order chi connectivity index (χ0) is 12.4. The number of morpholine rings is 1. The van der Waals surface area contributed by atoms with E-state index in [0.29, 0.717) is 0 Å². The van der Waals surface area contributed by atoms with Crippen molar-refractivity contribution < 1.29 is 4.74 Å². The Hall–Kier alpha value is -1.88. The van der Waals surface area contributed by atoms with Crippen molar-refractivity contribution in [2.75, 3.05) is 31.2 Å². The van der Waals surface area contributed by atoms with Gasteiger partial charge < -0.3 is 9.64 Å². The number of aromatic nitrogens is 3. The summed E-state index contributed by atoms with van der Waals surface area (Å²) in [6.45, 7) is 5.47. The van der Waals surface area contributed by atoms with E-state index in [1.165, 1.54) is 0 Å². The minimum absolute atomic E-state index is 0.792. The molecule has 0 N–H and O–H groups in total. The van der Waals surface area contributed by atoms with Crippen LogP contribution in [0.4, 0.5) is 5.69 Å². The maximum Gasteiger partial charge on any atom is 0.153 e. The lowest BCUT2D eigenvalue weighted by atomic mass is 10.3. The molecule has 0 saturated carbocycles. The van der Waals surface area contributed by atoms with E-state index in [1.54, 1.807) is 4.68 Å². The summed E-state index contributed by atoms with van der Waals surface area (Å²) in [5.41, 5.74) is 2.28. The molecule has 2 aromatic rings. The predicted octanol–water partition coefficient (Wildman–Crippen LogP) is 1.41. The second-order valence-corrected chi connectivity index (χ2v) is 4.44. The molecule has 0 spiro atoms. The van der Waals surface area contributed by atoms with Crippen LogP contribution in [-0.2, 0) is 4.74 Å². The number of anilines is 1. The molecule has 3 heterocycles. The fraction of sp³-hybridized carbons (Fsp3) is 0.385. The number of pyridine rings is 1. The molecule has 5 heteroatoms. The maximum atomic E-state index is 5.34. The van der Waals surface area contributed by atoms with Crippen LogP contribution >= 0.6 is 0 Å². The first-order chi connectivity index (χ1) is 8.83. The van der Waals surface area contributed by atoms with E-state index in [9.17, 15) is 0 Å². The average molecular weight is 244 g/mol. The Morgan fingerprint density at radius 2 is 2.00 bits per heavy atom. The zero-order valence-corrected chi connectivity index (χ0v) is 10.4. The van der Waals surface area contributed by atoms with Crippen LogP contribution in [0.1, 0.15) is 5.56 Å². The Morgan fingerprint density at radius 3 is 2.61 bits per heavy atom. The molecule has 0 radical (unpaired) electrons. The largest absolute Gasteiger partial charge is 0.378 e. The highest BCUT2D eigenvalue weighted by atomic mass is 16.5. The first kappa shape index (κ1) is 11.2. The van der Waals surface area contributed by atoms with Crippen LogP contribution in [0, 0.1) is 6.92 Å². The van der Waals surface area contributed by atoms with Crippen LogP contribution in [-0.4, -0.2) is 41.1 Å². The summed E-state index contributed by atoms with van der Waals surface area (Å²) in [6, 6.07) is 4.09. The molecule has 1 aliphatic heterocycles. The molecule has 5 nitrogen and oxygen atoms in total. The van der Waals surface area contributed by atoms with E-state index in [1.807, 2.05) is 31.6 Å². The lowest BCUT2D eigenvalue weighted by Gasteiger charge is -2.28. The summed E-state index contributed by atoms with van der Waals surface area (Å²) in [5.74, 6) is 0.847. The minimum Gasteiger partial charge on any atom is -0.378 e. The molecule has 1 fully saturated rings. The lowest BCUT2D eigenvalue weighted by Crippen LogP contribution is -2.36. The number of rotatable bonds is 2. The zero-order valence-electron chi connectivity index (χ0n) is 10.4. The van der Waals surface area contributed by atoms with Crippen LogP contribution in [0.15, 0.2) is 30.7 Å². The standard InChI is InChI=1S/C13H16N4O/c1-11-8-15-17(10-11)13-3-2-12(9-14-13)16-4-6-18-7-5-16/h2-3,8-10H,4-7H2,1H3. The van der Waals surface area contributed by atoms with Gasteiger partial charge in [0.2, 0.25) is 0 Å². The lowest BCUT2D eigenvalue weighted by molar-refractivity contribution is 0.122. The van der Waals surface area contributed by atoms with Gasteiger partial charge in [-0.25, -0.2) is 9.67 Å². The van der Waals surface area contributed by atoms with Crippen LogP contribution in [0.3, 0.4) is 0 Å². The van der Waals surface area contributed by atoms with Gasteiger partial charge in [-0.05, 0) is 24.6 Å². The molecule has 94 valence electrons. The molecule has 0 aromatic carbocycles. The molecular formula is C13H16N4O. The van der Waals surface area contributed by atoms with Crippen molar-refractivity contribution in [2.45, 2.75) is 6.92 Å². The summed E-state index contributed by atoms with van der Waals surface area (Å²) in [6.07, 6.45) is 5.70. The van der Waals surface area contributed by atoms with E-state index in [0.717, 1.165) is 43.4 Å². The summed E-state index contributed by atoms with van der Waals surface area (Å²) in [7, 11) is 0. The predicted molar refractivity (Wildman–Crippen MR) is 69.1 cm³/mol. The van der Waals surface area contributed by atoms with Crippen molar-refractivity contribution in [1.82, 2.24) is 14.8 Å². The topological polar surface area (TPSA) is 43.2 Å². The number of hydrogen-bond donors (Lipinski definition) is 0. The van der Waals surface area contributed by atoms with Crippen molar-refractivity contribution in [3.8, 4) is 5.82 Å². The third-order valence-electron chi connectivity index (χ3n) is 3.05. The van der Waals surface area contributed by atoms with Crippen molar-refractivity contribution in [3.05, 3.63) is 36.3 Å². The third-order valence-corrected chi connectivity index (χ3v) is 3.05. The quantitative estimate of drug-likeness (QED) is 0.801.